The highest BCUT2D eigenvalue weighted by Crippen LogP contribution is 2.30. The molecule has 8 heteroatoms. The van der Waals surface area contributed by atoms with Crippen molar-refractivity contribution in [1.82, 2.24) is 0 Å². The van der Waals surface area contributed by atoms with Gasteiger partial charge in [0.2, 0.25) is 6.10 Å². The van der Waals surface area contributed by atoms with E-state index in [4.69, 9.17) is 14.2 Å². The van der Waals surface area contributed by atoms with Crippen LogP contribution in [0.15, 0.2) is 59.9 Å². The third kappa shape index (κ3) is 5.97. The van der Waals surface area contributed by atoms with Crippen molar-refractivity contribution < 1.29 is 28.9 Å². The molecule has 0 amide bonds. The van der Waals surface area contributed by atoms with Crippen LogP contribution < -0.4 is 10.2 Å². The molecule has 33 heavy (non-hydrogen) atoms. The van der Waals surface area contributed by atoms with Crippen LogP contribution in [0.4, 0.5) is 0 Å². The molecule has 3 aromatic rings. The fourth-order valence-corrected chi connectivity index (χ4v) is 4.16. The molecule has 174 valence electrons. The molecule has 0 saturated heterocycles. The number of hydrogen-bond donors (Lipinski definition) is 1. The molecule has 1 heterocycles. The zero-order valence-corrected chi connectivity index (χ0v) is 19.5. The van der Waals surface area contributed by atoms with E-state index >= 15 is 0 Å². The Kier molecular flexibility index (Phi) is 7.50. The summed E-state index contributed by atoms with van der Waals surface area (Å²) in [5, 5.41) is 11.0. The fourth-order valence-electron chi connectivity index (χ4n) is 3.11. The van der Waals surface area contributed by atoms with Crippen molar-refractivity contribution >= 4 is 43.4 Å². The number of carbonyl (C=O) groups excluding carboxylic acids is 2. The van der Waals surface area contributed by atoms with Gasteiger partial charge < -0.3 is 19.3 Å². The Morgan fingerprint density at radius 1 is 1.06 bits per heavy atom. The number of ether oxygens (including phenoxy) is 3. The minimum Gasteiger partial charge on any atom is -0.478 e. The van der Waals surface area contributed by atoms with Gasteiger partial charge in [0.05, 0.1) is 0 Å². The first-order valence-electron chi connectivity index (χ1n) is 10.4. The van der Waals surface area contributed by atoms with Gasteiger partial charge in [-0.2, -0.15) is 0 Å². The van der Waals surface area contributed by atoms with E-state index in [1.54, 1.807) is 24.3 Å². The van der Waals surface area contributed by atoms with Crippen LogP contribution in [0.3, 0.4) is 0 Å². The minimum atomic E-state index is -1.18. The molecule has 2 unspecified atom stereocenters. The lowest BCUT2D eigenvalue weighted by Crippen LogP contribution is -2.42. The zero-order valence-electron chi connectivity index (χ0n) is 18.7. The van der Waals surface area contributed by atoms with E-state index in [2.05, 4.69) is 6.58 Å². The molecular formula is C25H26O7S. The van der Waals surface area contributed by atoms with Crippen LogP contribution in [0, 0.1) is 5.41 Å². The van der Waals surface area contributed by atoms with Crippen LogP contribution in [0.5, 0.6) is 5.75 Å². The lowest BCUT2D eigenvalue weighted by atomic mass is 9.89. The second kappa shape index (κ2) is 10.1. The summed E-state index contributed by atoms with van der Waals surface area (Å²) < 4.78 is 17.6. The van der Waals surface area contributed by atoms with Crippen LogP contribution in [0.25, 0.3) is 20.2 Å². The molecule has 0 aliphatic rings. The van der Waals surface area contributed by atoms with Crippen molar-refractivity contribution in [1.29, 1.82) is 0 Å². The number of carbonyl (C=O) groups is 2. The Morgan fingerprint density at radius 3 is 2.42 bits per heavy atom. The number of benzene rings is 2. The summed E-state index contributed by atoms with van der Waals surface area (Å²) in [6.45, 7) is 8.02. The maximum absolute atomic E-state index is 13.0. The molecule has 0 fully saturated rings. The van der Waals surface area contributed by atoms with E-state index in [1.165, 1.54) is 11.3 Å². The van der Waals surface area contributed by atoms with Crippen LogP contribution in [0.1, 0.15) is 20.8 Å². The number of esters is 2. The molecule has 2 aromatic carbocycles. The molecule has 0 aliphatic heterocycles. The van der Waals surface area contributed by atoms with Crippen LogP contribution in [0.2, 0.25) is 0 Å². The molecule has 2 atom stereocenters. The highest BCUT2D eigenvalue weighted by molar-refractivity contribution is 7.24. The first-order chi connectivity index (χ1) is 15.6. The van der Waals surface area contributed by atoms with Gasteiger partial charge in [-0.15, -0.1) is 11.3 Å². The summed E-state index contributed by atoms with van der Waals surface area (Å²) in [5.41, 5.74) is -0.740. The van der Waals surface area contributed by atoms with Crippen molar-refractivity contribution in [2.45, 2.75) is 33.0 Å². The highest BCUT2D eigenvalue weighted by atomic mass is 32.1. The highest BCUT2D eigenvalue weighted by Gasteiger charge is 2.35. The maximum Gasteiger partial charge on any atom is 0.347 e. The third-order valence-corrected chi connectivity index (χ3v) is 5.96. The summed E-state index contributed by atoms with van der Waals surface area (Å²) in [6, 6.07) is 12.5. The zero-order chi connectivity index (χ0) is 24.2. The van der Waals surface area contributed by atoms with E-state index in [0.29, 0.717) is 16.5 Å². The van der Waals surface area contributed by atoms with Gasteiger partial charge in [-0.05, 0) is 30.3 Å². The van der Waals surface area contributed by atoms with Crippen LogP contribution in [-0.4, -0.2) is 42.5 Å². The number of fused-ring (bicyclic) bond motifs is 2. The fraction of sp³-hybridized carbons (Fsp3) is 0.320. The third-order valence-electron chi connectivity index (χ3n) is 4.80. The Hall–Kier alpha value is -3.23. The summed E-state index contributed by atoms with van der Waals surface area (Å²) >= 11 is 1.51. The molecule has 0 bridgehead atoms. The van der Waals surface area contributed by atoms with Gasteiger partial charge >= 0.3 is 11.9 Å². The monoisotopic (exact) mass is 470 g/mol. The summed E-state index contributed by atoms with van der Waals surface area (Å²) in [7, 11) is 0. The minimum absolute atomic E-state index is 0.100. The molecule has 7 nitrogen and oxygen atoms in total. The quantitative estimate of drug-likeness (QED) is 0.303. The van der Waals surface area contributed by atoms with Gasteiger partial charge in [-0.3, -0.25) is 4.79 Å². The maximum atomic E-state index is 13.0. The lowest BCUT2D eigenvalue weighted by molar-refractivity contribution is -0.161. The van der Waals surface area contributed by atoms with Crippen LogP contribution >= 0.6 is 11.3 Å². The molecular weight excluding hydrogens is 444 g/mol. The van der Waals surface area contributed by atoms with Gasteiger partial charge in [-0.1, -0.05) is 39.5 Å². The van der Waals surface area contributed by atoms with E-state index in [9.17, 15) is 19.5 Å². The number of rotatable bonds is 8. The Labute approximate surface area is 195 Å². The SMILES string of the molecule is C=CC(=O)OCC(O)COC(=O)C(Oc1ccc2sc3ccccc3c(=O)c2c1)C(C)(C)C. The van der Waals surface area contributed by atoms with Gasteiger partial charge in [-0.25, -0.2) is 9.59 Å². The standard InChI is InChI=1S/C25H26O7S/c1-5-21(27)30-13-15(26)14-31-24(29)23(25(2,3)4)32-16-10-11-20-18(12-16)22(28)17-8-6-7-9-19(17)33-20/h5-12,15,23,26H,1,13-14H2,2-4H3. The van der Waals surface area contributed by atoms with Gasteiger partial charge in [0, 0.05) is 31.7 Å². The largest absolute Gasteiger partial charge is 0.478 e. The predicted molar refractivity (Wildman–Crippen MR) is 128 cm³/mol. The Bertz CT molecular complexity index is 1240. The Morgan fingerprint density at radius 2 is 1.73 bits per heavy atom. The first-order valence-corrected chi connectivity index (χ1v) is 11.2. The van der Waals surface area contributed by atoms with Crippen LogP contribution in [-0.2, 0) is 19.1 Å². The van der Waals surface area contributed by atoms with E-state index < -0.39 is 29.6 Å². The average Bonchev–Trinajstić information content (AvgIpc) is 2.79. The van der Waals surface area contributed by atoms with Gasteiger partial charge in [0.15, 0.2) is 5.43 Å². The van der Waals surface area contributed by atoms with E-state index in [0.717, 1.165) is 15.5 Å². The molecule has 0 radical (unpaired) electrons. The lowest BCUT2D eigenvalue weighted by Gasteiger charge is -2.29. The number of hydrogen-bond acceptors (Lipinski definition) is 8. The van der Waals surface area contributed by atoms with Crippen molar-refractivity contribution in [2.75, 3.05) is 13.2 Å². The van der Waals surface area contributed by atoms with E-state index in [-0.39, 0.29) is 18.6 Å². The second-order valence-electron chi connectivity index (χ2n) is 8.57. The van der Waals surface area contributed by atoms with Gasteiger partial charge in [0.25, 0.3) is 0 Å². The van der Waals surface area contributed by atoms with Crippen molar-refractivity contribution in [3.05, 3.63) is 65.3 Å². The number of aliphatic hydroxyl groups is 1. The Balaban J connectivity index is 1.78. The van der Waals surface area contributed by atoms with Crippen molar-refractivity contribution in [3.63, 3.8) is 0 Å². The predicted octanol–water partition coefficient (Wildman–Crippen LogP) is 3.84. The normalized spacial score (nSPS) is 13.3. The second-order valence-corrected chi connectivity index (χ2v) is 9.65. The van der Waals surface area contributed by atoms with Crippen molar-refractivity contribution in [3.8, 4) is 5.75 Å². The molecule has 1 aromatic heterocycles. The molecule has 0 spiro atoms. The van der Waals surface area contributed by atoms with Crippen molar-refractivity contribution in [2.24, 2.45) is 5.41 Å². The summed E-state index contributed by atoms with van der Waals surface area (Å²) in [6.07, 6.45) is -1.21. The van der Waals surface area contributed by atoms with Gasteiger partial charge in [0.1, 0.15) is 25.1 Å². The first kappa shape index (κ1) is 24.4. The molecule has 3 rings (SSSR count). The van der Waals surface area contributed by atoms with E-state index in [1.807, 2.05) is 39.0 Å². The average molecular weight is 471 g/mol. The molecule has 0 saturated carbocycles. The molecule has 1 N–H and O–H groups in total. The molecule has 0 aliphatic carbocycles. The summed E-state index contributed by atoms with van der Waals surface area (Å²) in [4.78, 5) is 36.8. The topological polar surface area (TPSA) is 99.1 Å². The smallest absolute Gasteiger partial charge is 0.347 e. The number of aliphatic hydroxyl groups excluding tert-OH is 1. The summed E-state index contributed by atoms with van der Waals surface area (Å²) in [5.74, 6) is -1.00.